The summed E-state index contributed by atoms with van der Waals surface area (Å²) in [5.74, 6) is -1.56. The molecule has 0 aliphatic carbocycles. The molecular weight excluding hydrogens is 279 g/mol. The lowest BCUT2D eigenvalue weighted by atomic mass is 10.2. The fraction of sp³-hybridized carbons (Fsp3) is 0.333. The van der Waals surface area contributed by atoms with Crippen molar-refractivity contribution in [3.8, 4) is 5.75 Å². The monoisotopic (exact) mass is 291 g/mol. The number of alkyl halides is 3. The minimum Gasteiger partial charge on any atom is -0.484 e. The van der Waals surface area contributed by atoms with Crippen LogP contribution in [0.4, 0.5) is 13.2 Å². The molecule has 0 bridgehead atoms. The van der Waals surface area contributed by atoms with Crippen LogP contribution in [-0.2, 0) is 4.79 Å². The molecule has 0 saturated carbocycles. The average molecular weight is 291 g/mol. The summed E-state index contributed by atoms with van der Waals surface area (Å²) in [6.45, 7) is -1.43. The van der Waals surface area contributed by atoms with Crippen molar-refractivity contribution in [1.29, 1.82) is 0 Å². The standard InChI is InChI=1S/C12H12F3NO4/c13-12(14,15)7-20-9-3-1-8(2-4-9)11(19)16-6-5-10(17)18/h1-4H,5-7H2,(H,16,19)(H,17,18). The summed E-state index contributed by atoms with van der Waals surface area (Å²) in [5.41, 5.74) is 0.203. The second-order valence-corrected chi connectivity index (χ2v) is 3.83. The number of nitrogens with one attached hydrogen (secondary N) is 1. The van der Waals surface area contributed by atoms with Gasteiger partial charge in [-0.1, -0.05) is 0 Å². The zero-order valence-electron chi connectivity index (χ0n) is 10.2. The Morgan fingerprint density at radius 2 is 1.80 bits per heavy atom. The normalized spacial score (nSPS) is 10.9. The minimum absolute atomic E-state index is 0.00980. The quantitative estimate of drug-likeness (QED) is 0.838. The number of ether oxygens (including phenoxy) is 1. The van der Waals surface area contributed by atoms with Gasteiger partial charge in [-0.2, -0.15) is 13.2 Å². The lowest BCUT2D eigenvalue weighted by Crippen LogP contribution is -2.25. The van der Waals surface area contributed by atoms with Gasteiger partial charge in [0.05, 0.1) is 6.42 Å². The highest BCUT2D eigenvalue weighted by atomic mass is 19.4. The van der Waals surface area contributed by atoms with E-state index in [1.54, 1.807) is 0 Å². The number of carbonyl (C=O) groups excluding carboxylic acids is 1. The van der Waals surface area contributed by atoms with Crippen LogP contribution in [0, 0.1) is 0 Å². The van der Waals surface area contributed by atoms with Crippen molar-refractivity contribution in [3.63, 3.8) is 0 Å². The van der Waals surface area contributed by atoms with E-state index >= 15 is 0 Å². The molecule has 0 heterocycles. The maximum atomic E-state index is 11.9. The smallest absolute Gasteiger partial charge is 0.422 e. The van der Waals surface area contributed by atoms with Gasteiger partial charge in [0, 0.05) is 12.1 Å². The Labute approximate surface area is 112 Å². The maximum absolute atomic E-state index is 11.9. The molecule has 0 radical (unpaired) electrons. The Morgan fingerprint density at radius 3 is 2.30 bits per heavy atom. The van der Waals surface area contributed by atoms with E-state index in [0.29, 0.717) is 0 Å². The lowest BCUT2D eigenvalue weighted by molar-refractivity contribution is -0.153. The number of hydrogen-bond acceptors (Lipinski definition) is 3. The van der Waals surface area contributed by atoms with Crippen molar-refractivity contribution in [1.82, 2.24) is 5.32 Å². The molecule has 1 amide bonds. The molecule has 0 aliphatic rings. The molecular formula is C12H12F3NO4. The highest BCUT2D eigenvalue weighted by Gasteiger charge is 2.28. The molecule has 20 heavy (non-hydrogen) atoms. The summed E-state index contributed by atoms with van der Waals surface area (Å²) in [6.07, 6.45) is -4.63. The second kappa shape index (κ2) is 6.78. The number of rotatable bonds is 6. The van der Waals surface area contributed by atoms with E-state index in [4.69, 9.17) is 5.11 Å². The topological polar surface area (TPSA) is 75.6 Å². The highest BCUT2D eigenvalue weighted by Crippen LogP contribution is 2.18. The van der Waals surface area contributed by atoms with Crippen LogP contribution in [0.1, 0.15) is 16.8 Å². The van der Waals surface area contributed by atoms with Crippen LogP contribution in [0.2, 0.25) is 0 Å². The number of benzene rings is 1. The summed E-state index contributed by atoms with van der Waals surface area (Å²) in [7, 11) is 0. The van der Waals surface area contributed by atoms with Crippen molar-refractivity contribution >= 4 is 11.9 Å². The number of amides is 1. The van der Waals surface area contributed by atoms with Gasteiger partial charge in [0.15, 0.2) is 6.61 Å². The number of carboxylic acids is 1. The average Bonchev–Trinajstić information content (AvgIpc) is 2.35. The van der Waals surface area contributed by atoms with Gasteiger partial charge < -0.3 is 15.2 Å². The molecule has 0 aromatic heterocycles. The van der Waals surface area contributed by atoms with E-state index in [0.717, 1.165) is 0 Å². The van der Waals surface area contributed by atoms with Crippen molar-refractivity contribution in [2.45, 2.75) is 12.6 Å². The van der Waals surface area contributed by atoms with Crippen LogP contribution in [0.25, 0.3) is 0 Å². The zero-order chi connectivity index (χ0) is 15.2. The first-order valence-electron chi connectivity index (χ1n) is 5.57. The van der Waals surface area contributed by atoms with E-state index in [9.17, 15) is 22.8 Å². The van der Waals surface area contributed by atoms with Gasteiger partial charge in [-0.15, -0.1) is 0 Å². The van der Waals surface area contributed by atoms with E-state index < -0.39 is 24.7 Å². The Bertz CT molecular complexity index is 471. The third kappa shape index (κ3) is 6.07. The third-order valence-electron chi connectivity index (χ3n) is 2.14. The van der Waals surface area contributed by atoms with Crippen molar-refractivity contribution in [2.75, 3.05) is 13.2 Å². The number of hydrogen-bond donors (Lipinski definition) is 2. The Balaban J connectivity index is 2.49. The molecule has 0 atom stereocenters. The van der Waals surface area contributed by atoms with Gasteiger partial charge >= 0.3 is 12.1 Å². The highest BCUT2D eigenvalue weighted by molar-refractivity contribution is 5.94. The first kappa shape index (κ1) is 15.8. The Hall–Kier alpha value is -2.25. The molecule has 5 nitrogen and oxygen atoms in total. The van der Waals surface area contributed by atoms with Gasteiger partial charge in [0.2, 0.25) is 0 Å². The molecule has 110 valence electrons. The number of carbonyl (C=O) groups is 2. The van der Waals surface area contributed by atoms with Crippen molar-refractivity contribution < 1.29 is 32.6 Å². The fourth-order valence-corrected chi connectivity index (χ4v) is 1.25. The maximum Gasteiger partial charge on any atom is 0.422 e. The Kier molecular flexibility index (Phi) is 5.36. The van der Waals surface area contributed by atoms with Crippen molar-refractivity contribution in [3.05, 3.63) is 29.8 Å². The molecule has 0 spiro atoms. The van der Waals surface area contributed by atoms with E-state index in [1.807, 2.05) is 0 Å². The van der Waals surface area contributed by atoms with Gasteiger partial charge in [-0.05, 0) is 24.3 Å². The van der Waals surface area contributed by atoms with Crippen LogP contribution in [0.3, 0.4) is 0 Å². The summed E-state index contributed by atoms with van der Waals surface area (Å²) >= 11 is 0. The van der Waals surface area contributed by atoms with Crippen LogP contribution in [0.5, 0.6) is 5.75 Å². The predicted molar refractivity (Wildman–Crippen MR) is 62.6 cm³/mol. The van der Waals surface area contributed by atoms with Gasteiger partial charge in [-0.3, -0.25) is 9.59 Å². The summed E-state index contributed by atoms with van der Waals surface area (Å²) in [6, 6.07) is 5.05. The summed E-state index contributed by atoms with van der Waals surface area (Å²) in [5, 5.41) is 10.8. The molecule has 0 unspecified atom stereocenters. The van der Waals surface area contributed by atoms with Crippen LogP contribution >= 0.6 is 0 Å². The van der Waals surface area contributed by atoms with E-state index in [-0.39, 0.29) is 24.3 Å². The largest absolute Gasteiger partial charge is 0.484 e. The van der Waals surface area contributed by atoms with Crippen molar-refractivity contribution in [2.24, 2.45) is 0 Å². The molecule has 0 aliphatic heterocycles. The number of carboxylic acid groups (broad SMARTS) is 1. The zero-order valence-corrected chi connectivity index (χ0v) is 10.2. The predicted octanol–water partition coefficient (Wildman–Crippen LogP) is 1.83. The summed E-state index contributed by atoms with van der Waals surface area (Å²) in [4.78, 5) is 21.8. The van der Waals surface area contributed by atoms with Gasteiger partial charge in [0.25, 0.3) is 5.91 Å². The molecule has 8 heteroatoms. The van der Waals surface area contributed by atoms with E-state index in [1.165, 1.54) is 24.3 Å². The minimum atomic E-state index is -4.42. The second-order valence-electron chi connectivity index (χ2n) is 3.83. The Morgan fingerprint density at radius 1 is 1.20 bits per heavy atom. The first-order chi connectivity index (χ1) is 9.28. The fourth-order valence-electron chi connectivity index (χ4n) is 1.25. The lowest BCUT2D eigenvalue weighted by Gasteiger charge is -2.09. The van der Waals surface area contributed by atoms with Gasteiger partial charge in [-0.25, -0.2) is 0 Å². The third-order valence-corrected chi connectivity index (χ3v) is 2.14. The van der Waals surface area contributed by atoms with Gasteiger partial charge in [0.1, 0.15) is 5.75 Å². The first-order valence-corrected chi connectivity index (χ1v) is 5.57. The molecule has 1 aromatic rings. The van der Waals surface area contributed by atoms with E-state index in [2.05, 4.69) is 10.1 Å². The molecule has 1 rings (SSSR count). The van der Waals surface area contributed by atoms with Crippen LogP contribution in [0.15, 0.2) is 24.3 Å². The van der Waals surface area contributed by atoms with Crippen LogP contribution in [-0.4, -0.2) is 36.3 Å². The number of halogens is 3. The molecule has 0 saturated heterocycles. The van der Waals surface area contributed by atoms with Crippen LogP contribution < -0.4 is 10.1 Å². The molecule has 1 aromatic carbocycles. The SMILES string of the molecule is O=C(O)CCNC(=O)c1ccc(OCC(F)(F)F)cc1. The molecule has 0 fully saturated rings. The molecule has 2 N–H and O–H groups in total. The summed E-state index contributed by atoms with van der Waals surface area (Å²) < 4.78 is 40.2. The number of aliphatic carboxylic acids is 1.